The van der Waals surface area contributed by atoms with E-state index in [9.17, 15) is 9.59 Å². The van der Waals surface area contributed by atoms with Crippen molar-refractivity contribution in [1.82, 2.24) is 9.88 Å². The molecule has 2 heterocycles. The number of aromatic nitrogens is 1. The van der Waals surface area contributed by atoms with Gasteiger partial charge in [0.2, 0.25) is 0 Å². The molecule has 1 aromatic heterocycles. The van der Waals surface area contributed by atoms with Gasteiger partial charge in [-0.3, -0.25) is 9.59 Å². The molecule has 164 valence electrons. The van der Waals surface area contributed by atoms with E-state index in [2.05, 4.69) is 44.2 Å². The summed E-state index contributed by atoms with van der Waals surface area (Å²) in [5.41, 5.74) is 5.47. The van der Waals surface area contributed by atoms with Crippen LogP contribution in [0.15, 0.2) is 48.5 Å². The summed E-state index contributed by atoms with van der Waals surface area (Å²) in [5, 5.41) is 7.32. The Kier molecular flexibility index (Phi) is 7.58. The maximum atomic E-state index is 12.5. The van der Waals surface area contributed by atoms with Gasteiger partial charge in [0.15, 0.2) is 0 Å². The molecule has 0 atom stereocenters. The van der Waals surface area contributed by atoms with Gasteiger partial charge in [0.25, 0.3) is 5.91 Å². The zero-order valence-corrected chi connectivity index (χ0v) is 18.5. The lowest BCUT2D eigenvalue weighted by Crippen LogP contribution is -2.26. The molecule has 0 radical (unpaired) electrons. The van der Waals surface area contributed by atoms with Gasteiger partial charge in [-0.2, -0.15) is 0 Å². The second kappa shape index (κ2) is 10.4. The van der Waals surface area contributed by atoms with Crippen LogP contribution in [0.5, 0.6) is 0 Å². The van der Waals surface area contributed by atoms with E-state index in [4.69, 9.17) is 0 Å². The number of aryl methyl sites for hydroxylation is 1. The van der Waals surface area contributed by atoms with E-state index in [-0.39, 0.29) is 30.8 Å². The van der Waals surface area contributed by atoms with Crippen LogP contribution in [0.2, 0.25) is 0 Å². The van der Waals surface area contributed by atoms with Crippen molar-refractivity contribution in [3.05, 3.63) is 65.4 Å². The van der Waals surface area contributed by atoms with Crippen LogP contribution in [-0.4, -0.2) is 36.6 Å². The highest BCUT2D eigenvalue weighted by atomic mass is 35.5. The number of ether oxygens (including phenoxy) is 1. The smallest absolute Gasteiger partial charge is 0.325 e. The Balaban J connectivity index is 0.00000272. The zero-order valence-electron chi connectivity index (χ0n) is 17.6. The monoisotopic (exact) mass is 441 g/mol. The summed E-state index contributed by atoms with van der Waals surface area (Å²) in [6, 6.07) is 15.7. The summed E-state index contributed by atoms with van der Waals surface area (Å²) in [6.07, 6.45) is 4.39. The van der Waals surface area contributed by atoms with Gasteiger partial charge in [0.1, 0.15) is 6.54 Å². The number of amides is 1. The Labute approximate surface area is 188 Å². The van der Waals surface area contributed by atoms with Gasteiger partial charge in [-0.1, -0.05) is 18.2 Å². The topological polar surface area (TPSA) is 72.4 Å². The Morgan fingerprint density at radius 2 is 1.84 bits per heavy atom. The summed E-state index contributed by atoms with van der Waals surface area (Å²) in [6.45, 7) is 1.78. The summed E-state index contributed by atoms with van der Waals surface area (Å²) < 4.78 is 7.06. The summed E-state index contributed by atoms with van der Waals surface area (Å²) in [4.78, 5) is 23.7. The third kappa shape index (κ3) is 5.02. The molecule has 6 nitrogen and oxygen atoms in total. The number of methoxy groups -OCH3 is 1. The number of rotatable bonds is 7. The molecular weight excluding hydrogens is 414 g/mol. The van der Waals surface area contributed by atoms with Gasteiger partial charge in [0, 0.05) is 40.9 Å². The zero-order chi connectivity index (χ0) is 20.9. The highest BCUT2D eigenvalue weighted by Crippen LogP contribution is 2.30. The molecule has 4 rings (SSSR count). The highest BCUT2D eigenvalue weighted by Gasteiger charge is 2.19. The molecule has 0 unspecified atom stereocenters. The third-order valence-corrected chi connectivity index (χ3v) is 5.71. The molecule has 1 aliphatic rings. The molecule has 31 heavy (non-hydrogen) atoms. The number of esters is 1. The van der Waals surface area contributed by atoms with Crippen molar-refractivity contribution in [3.8, 4) is 0 Å². The molecule has 2 N–H and O–H groups in total. The number of hydrogen-bond donors (Lipinski definition) is 2. The number of anilines is 1. The lowest BCUT2D eigenvalue weighted by Gasteiger charge is -2.17. The molecule has 7 heteroatoms. The Morgan fingerprint density at radius 1 is 1.06 bits per heavy atom. The van der Waals surface area contributed by atoms with Gasteiger partial charge in [-0.25, -0.2) is 0 Å². The van der Waals surface area contributed by atoms with Crippen LogP contribution in [0.25, 0.3) is 10.9 Å². The number of hydrogen-bond acceptors (Lipinski definition) is 4. The first kappa shape index (κ1) is 22.7. The van der Waals surface area contributed by atoms with Crippen molar-refractivity contribution >= 4 is 40.9 Å². The lowest BCUT2D eigenvalue weighted by molar-refractivity contribution is -0.138. The van der Waals surface area contributed by atoms with E-state index < -0.39 is 0 Å². The number of para-hydroxylation sites is 1. The molecule has 0 saturated heterocycles. The molecule has 1 amide bonds. The van der Waals surface area contributed by atoms with E-state index in [1.807, 2.05) is 0 Å². The average Bonchev–Trinajstić information content (AvgIpc) is 3.11. The number of nitrogens with zero attached hydrogens (tertiary/aromatic N) is 1. The second-order valence-electron chi connectivity index (χ2n) is 7.56. The first-order chi connectivity index (χ1) is 14.7. The summed E-state index contributed by atoms with van der Waals surface area (Å²) >= 11 is 0. The predicted molar refractivity (Wildman–Crippen MR) is 125 cm³/mol. The van der Waals surface area contributed by atoms with Crippen LogP contribution in [0.4, 0.5) is 5.69 Å². The predicted octanol–water partition coefficient (Wildman–Crippen LogP) is 3.96. The van der Waals surface area contributed by atoms with E-state index >= 15 is 0 Å². The maximum Gasteiger partial charge on any atom is 0.325 e. The Morgan fingerprint density at radius 3 is 2.61 bits per heavy atom. The van der Waals surface area contributed by atoms with Gasteiger partial charge in [-0.15, -0.1) is 12.4 Å². The normalized spacial score (nSPS) is 12.5. The van der Waals surface area contributed by atoms with Crippen LogP contribution in [0.1, 0.15) is 34.5 Å². The second-order valence-corrected chi connectivity index (χ2v) is 7.56. The van der Waals surface area contributed by atoms with Gasteiger partial charge < -0.3 is 19.9 Å². The maximum absolute atomic E-state index is 12.5. The molecule has 0 fully saturated rings. The van der Waals surface area contributed by atoms with Crippen LogP contribution in [0.3, 0.4) is 0 Å². The first-order valence-corrected chi connectivity index (χ1v) is 10.5. The fourth-order valence-corrected chi connectivity index (χ4v) is 4.20. The van der Waals surface area contributed by atoms with Crippen molar-refractivity contribution in [1.29, 1.82) is 0 Å². The van der Waals surface area contributed by atoms with Crippen LogP contribution in [-0.2, 0) is 28.9 Å². The quantitative estimate of drug-likeness (QED) is 0.544. The van der Waals surface area contributed by atoms with E-state index in [1.54, 1.807) is 24.3 Å². The highest BCUT2D eigenvalue weighted by molar-refractivity contribution is 5.94. The van der Waals surface area contributed by atoms with Crippen molar-refractivity contribution in [2.45, 2.75) is 32.2 Å². The number of carbonyl (C=O) groups is 2. The third-order valence-electron chi connectivity index (χ3n) is 5.71. The minimum Gasteiger partial charge on any atom is -0.468 e. The first-order valence-electron chi connectivity index (χ1n) is 10.5. The Hall–Kier alpha value is -2.99. The SMILES string of the molecule is COC(=O)CNc1ccc(C(=O)NCCc2c3n(c4ccccc24)CCCC3)cc1.Cl. The van der Waals surface area contributed by atoms with E-state index in [0.29, 0.717) is 12.1 Å². The standard InChI is InChI=1S/C24H27N3O3.ClH/c1-30-23(28)16-26-18-11-9-17(10-12-18)24(29)25-14-13-20-19-6-2-3-7-21(19)27-15-5-4-8-22(20)27;/h2-3,6-7,9-12,26H,4-5,8,13-16H2,1H3,(H,25,29);1H. The fourth-order valence-electron chi connectivity index (χ4n) is 4.20. The van der Waals surface area contributed by atoms with Crippen molar-refractivity contribution in [2.24, 2.45) is 0 Å². The lowest BCUT2D eigenvalue weighted by atomic mass is 10.0. The molecule has 0 saturated carbocycles. The van der Waals surface area contributed by atoms with Gasteiger partial charge in [-0.05, 0) is 61.6 Å². The molecule has 0 bridgehead atoms. The van der Waals surface area contributed by atoms with Gasteiger partial charge >= 0.3 is 5.97 Å². The number of halogens is 1. The van der Waals surface area contributed by atoms with E-state index in [0.717, 1.165) is 25.1 Å². The summed E-state index contributed by atoms with van der Waals surface area (Å²) in [5.74, 6) is -0.427. The average molecular weight is 442 g/mol. The molecule has 3 aromatic rings. The number of fused-ring (bicyclic) bond motifs is 3. The van der Waals surface area contributed by atoms with Crippen LogP contribution < -0.4 is 10.6 Å². The largest absolute Gasteiger partial charge is 0.468 e. The van der Waals surface area contributed by atoms with E-state index in [1.165, 1.54) is 42.1 Å². The number of nitrogens with one attached hydrogen (secondary N) is 2. The minimum absolute atomic E-state index is 0. The molecule has 1 aliphatic heterocycles. The van der Waals surface area contributed by atoms with Crippen molar-refractivity contribution in [2.75, 3.05) is 25.5 Å². The fraction of sp³-hybridized carbons (Fsp3) is 0.333. The van der Waals surface area contributed by atoms with Crippen molar-refractivity contribution < 1.29 is 14.3 Å². The number of benzene rings is 2. The van der Waals surface area contributed by atoms with Crippen LogP contribution in [0, 0.1) is 0 Å². The minimum atomic E-state index is -0.336. The summed E-state index contributed by atoms with van der Waals surface area (Å²) in [7, 11) is 1.35. The van der Waals surface area contributed by atoms with Crippen molar-refractivity contribution in [3.63, 3.8) is 0 Å². The number of carbonyl (C=O) groups excluding carboxylic acids is 2. The molecule has 0 aliphatic carbocycles. The van der Waals surface area contributed by atoms with Gasteiger partial charge in [0.05, 0.1) is 7.11 Å². The molecular formula is C24H28ClN3O3. The van der Waals surface area contributed by atoms with Crippen LogP contribution >= 0.6 is 12.4 Å². The molecule has 0 spiro atoms. The molecule has 2 aromatic carbocycles. The Bertz CT molecular complexity index is 1060.